The van der Waals surface area contributed by atoms with E-state index in [1.807, 2.05) is 48.5 Å². The van der Waals surface area contributed by atoms with Crippen molar-refractivity contribution in [1.29, 1.82) is 5.41 Å². The third-order valence-corrected chi connectivity index (χ3v) is 5.73. The molecule has 0 unspecified atom stereocenters. The number of esters is 1. The van der Waals surface area contributed by atoms with E-state index in [0.29, 0.717) is 11.3 Å². The Morgan fingerprint density at radius 1 is 1.02 bits per heavy atom. The van der Waals surface area contributed by atoms with Crippen LogP contribution in [0, 0.1) is 15.5 Å². The maximum atomic E-state index is 13.0. The summed E-state index contributed by atoms with van der Waals surface area (Å²) in [7, 11) is 1.22. The fourth-order valence-corrected chi connectivity index (χ4v) is 3.95. The zero-order chi connectivity index (χ0) is 30.2. The molecule has 2 aromatic heterocycles. The molecule has 1 amide bonds. The number of nitro groups is 1. The molecular weight excluding hydrogens is 546 g/mol. The van der Waals surface area contributed by atoms with Crippen LogP contribution in [0.2, 0.25) is 0 Å². The number of anilines is 1. The second-order valence-corrected chi connectivity index (χ2v) is 8.40. The van der Waals surface area contributed by atoms with Crippen LogP contribution in [0.1, 0.15) is 17.4 Å². The molecule has 0 aliphatic carbocycles. The molecule has 0 aliphatic rings. The molecule has 5 aromatic rings. The summed E-state index contributed by atoms with van der Waals surface area (Å²) in [6, 6.07) is 22.6. The zero-order valence-corrected chi connectivity index (χ0v) is 22.1. The van der Waals surface area contributed by atoms with Gasteiger partial charge < -0.3 is 14.6 Å². The number of nitro benzene ring substituents is 1. The van der Waals surface area contributed by atoms with E-state index in [4.69, 9.17) is 19.5 Å². The van der Waals surface area contributed by atoms with Gasteiger partial charge in [-0.2, -0.15) is 10.1 Å². The van der Waals surface area contributed by atoms with Gasteiger partial charge in [-0.05, 0) is 35.4 Å². The SMILES string of the molecule is COC(=O)c1c(NC(C)=O)c(-c2noc(-c3ccc([N+](=O)[O-])cc3)n2)nn1-c1cccc(-c2ccccc2)c1.N=C=O. The highest BCUT2D eigenvalue weighted by Gasteiger charge is 2.29. The van der Waals surface area contributed by atoms with Crippen LogP contribution in [-0.2, 0) is 14.3 Å². The van der Waals surface area contributed by atoms with Crippen molar-refractivity contribution in [2.24, 2.45) is 0 Å². The van der Waals surface area contributed by atoms with Gasteiger partial charge in [0.05, 0.1) is 17.7 Å². The number of hydrogen-bond donors (Lipinski definition) is 2. The zero-order valence-electron chi connectivity index (χ0n) is 22.1. The highest BCUT2D eigenvalue weighted by atomic mass is 16.6. The van der Waals surface area contributed by atoms with E-state index < -0.39 is 16.8 Å². The Kier molecular flexibility index (Phi) is 8.70. The summed E-state index contributed by atoms with van der Waals surface area (Å²) in [5.74, 6) is -1.16. The van der Waals surface area contributed by atoms with Gasteiger partial charge in [0.2, 0.25) is 17.8 Å². The van der Waals surface area contributed by atoms with Crippen molar-refractivity contribution in [2.45, 2.75) is 6.92 Å². The largest absolute Gasteiger partial charge is 0.464 e. The first-order valence-corrected chi connectivity index (χ1v) is 12.0. The van der Waals surface area contributed by atoms with Crippen LogP contribution in [0.4, 0.5) is 11.4 Å². The van der Waals surface area contributed by atoms with Crippen LogP contribution in [0.5, 0.6) is 0 Å². The molecular formula is C28H21N7O7. The Balaban J connectivity index is 0.00000129. The molecule has 5 rings (SSSR count). The predicted molar refractivity (Wildman–Crippen MR) is 148 cm³/mol. The van der Waals surface area contributed by atoms with Crippen molar-refractivity contribution in [3.05, 3.63) is 94.7 Å². The number of amides is 1. The summed E-state index contributed by atoms with van der Waals surface area (Å²) in [5, 5.41) is 27.6. The first-order valence-electron chi connectivity index (χ1n) is 12.0. The van der Waals surface area contributed by atoms with Crippen LogP contribution in [0.3, 0.4) is 0 Å². The fraction of sp³-hybridized carbons (Fsp3) is 0.0714. The van der Waals surface area contributed by atoms with Crippen LogP contribution >= 0.6 is 0 Å². The van der Waals surface area contributed by atoms with Crippen molar-refractivity contribution in [2.75, 3.05) is 12.4 Å². The standard InChI is InChI=1S/C27H20N6O6.CHNO/c1-16(34)28-22-23(25-29-26(39-31-25)18-11-13-20(14-12-18)33(36)37)30-32(24(22)27(35)38-2)21-10-6-9-19(15-21)17-7-4-3-5-8-17;2-1-3/h3-15H,1-2H3,(H,28,34);2H. The topological polar surface area (TPSA) is 196 Å². The van der Waals surface area contributed by atoms with Crippen molar-refractivity contribution in [3.63, 3.8) is 0 Å². The van der Waals surface area contributed by atoms with Gasteiger partial charge in [-0.1, -0.05) is 47.6 Å². The maximum absolute atomic E-state index is 13.0. The molecule has 3 aromatic carbocycles. The van der Waals surface area contributed by atoms with E-state index in [1.165, 1.54) is 43.0 Å². The molecule has 14 heteroatoms. The number of hydrogen-bond acceptors (Lipinski definition) is 11. The quantitative estimate of drug-likeness (QED) is 0.0905. The van der Waals surface area contributed by atoms with Gasteiger partial charge in [-0.3, -0.25) is 14.9 Å². The average Bonchev–Trinajstić information content (AvgIpc) is 3.63. The number of rotatable bonds is 7. The number of benzene rings is 3. The first kappa shape index (κ1) is 28.7. The molecule has 2 N–H and O–H groups in total. The lowest BCUT2D eigenvalue weighted by atomic mass is 10.1. The number of methoxy groups -OCH3 is 1. The summed E-state index contributed by atoms with van der Waals surface area (Å²) in [6.45, 7) is 1.29. The van der Waals surface area contributed by atoms with Crippen LogP contribution in [-0.4, -0.2) is 49.9 Å². The van der Waals surface area contributed by atoms with E-state index >= 15 is 0 Å². The number of ether oxygens (including phenoxy) is 1. The van der Waals surface area contributed by atoms with E-state index in [1.54, 1.807) is 6.07 Å². The lowest BCUT2D eigenvalue weighted by molar-refractivity contribution is -0.384. The van der Waals surface area contributed by atoms with Gasteiger partial charge in [-0.15, -0.1) is 0 Å². The molecule has 210 valence electrons. The predicted octanol–water partition coefficient (Wildman–Crippen LogP) is 4.81. The number of non-ortho nitro benzene ring substituents is 1. The summed E-state index contributed by atoms with van der Waals surface area (Å²) in [4.78, 5) is 48.3. The number of isocyanates is 1. The molecule has 0 aliphatic heterocycles. The Morgan fingerprint density at radius 3 is 2.31 bits per heavy atom. The minimum Gasteiger partial charge on any atom is -0.464 e. The van der Waals surface area contributed by atoms with Crippen molar-refractivity contribution < 1.29 is 28.6 Å². The van der Waals surface area contributed by atoms with Gasteiger partial charge >= 0.3 is 5.97 Å². The first-order chi connectivity index (χ1) is 20.3. The highest BCUT2D eigenvalue weighted by Crippen LogP contribution is 2.34. The fourth-order valence-electron chi connectivity index (χ4n) is 3.95. The second kappa shape index (κ2) is 12.7. The molecule has 0 spiro atoms. The van der Waals surface area contributed by atoms with Crippen LogP contribution < -0.4 is 5.32 Å². The maximum Gasteiger partial charge on any atom is 0.359 e. The third kappa shape index (κ3) is 6.14. The normalized spacial score (nSPS) is 10.1. The number of nitrogens with one attached hydrogen (secondary N) is 2. The van der Waals surface area contributed by atoms with E-state index in [0.717, 1.165) is 17.2 Å². The number of nitrogens with zero attached hydrogens (tertiary/aromatic N) is 5. The third-order valence-electron chi connectivity index (χ3n) is 5.73. The van der Waals surface area contributed by atoms with Gasteiger partial charge in [0.15, 0.2) is 11.4 Å². The smallest absolute Gasteiger partial charge is 0.359 e. The van der Waals surface area contributed by atoms with E-state index in [9.17, 15) is 19.7 Å². The van der Waals surface area contributed by atoms with Gasteiger partial charge in [-0.25, -0.2) is 19.7 Å². The van der Waals surface area contributed by atoms with Gasteiger partial charge in [0.1, 0.15) is 5.69 Å². The minimum absolute atomic E-state index is 0.0183. The summed E-state index contributed by atoms with van der Waals surface area (Å²) in [6.07, 6.45) is 0.750. The molecule has 0 atom stereocenters. The second-order valence-electron chi connectivity index (χ2n) is 8.40. The summed E-state index contributed by atoms with van der Waals surface area (Å²) in [5.41, 5.74) is 2.75. The van der Waals surface area contributed by atoms with Gasteiger partial charge in [0, 0.05) is 24.6 Å². The molecule has 14 nitrogen and oxygen atoms in total. The molecule has 2 heterocycles. The van der Waals surface area contributed by atoms with Crippen molar-refractivity contribution in [1.82, 2.24) is 19.9 Å². The highest BCUT2D eigenvalue weighted by molar-refractivity contribution is 6.03. The van der Waals surface area contributed by atoms with E-state index in [2.05, 4.69) is 20.6 Å². The minimum atomic E-state index is -0.748. The van der Waals surface area contributed by atoms with Crippen LogP contribution in [0.25, 0.3) is 39.8 Å². The Hall–Kier alpha value is -6.27. The van der Waals surface area contributed by atoms with E-state index in [-0.39, 0.29) is 34.5 Å². The molecule has 0 saturated heterocycles. The number of aromatic nitrogens is 4. The van der Waals surface area contributed by atoms with Crippen molar-refractivity contribution in [3.8, 4) is 39.8 Å². The lowest BCUT2D eigenvalue weighted by Gasteiger charge is -2.10. The van der Waals surface area contributed by atoms with Gasteiger partial charge in [0.25, 0.3) is 11.6 Å². The molecule has 0 bridgehead atoms. The average molecular weight is 568 g/mol. The number of carbonyl (C=O) groups is 2. The molecule has 42 heavy (non-hydrogen) atoms. The Morgan fingerprint density at radius 2 is 1.69 bits per heavy atom. The summed E-state index contributed by atoms with van der Waals surface area (Å²) >= 11 is 0. The molecule has 0 radical (unpaired) electrons. The monoisotopic (exact) mass is 567 g/mol. The van der Waals surface area contributed by atoms with Crippen molar-refractivity contribution >= 4 is 29.3 Å². The Bertz CT molecular complexity index is 1790. The number of carbonyl (C=O) groups excluding carboxylic acids is 3. The molecule has 0 fully saturated rings. The molecule has 0 saturated carbocycles. The van der Waals surface area contributed by atoms with Crippen LogP contribution in [0.15, 0.2) is 83.4 Å². The Labute approximate surface area is 237 Å². The lowest BCUT2D eigenvalue weighted by Crippen LogP contribution is -2.15. The summed E-state index contributed by atoms with van der Waals surface area (Å²) < 4.78 is 11.7.